The number of rotatable bonds is 0. The van der Waals surface area contributed by atoms with Crippen molar-refractivity contribution in [3.8, 4) is 0 Å². The maximum Gasteiger partial charge on any atom is 1.00 e. The summed E-state index contributed by atoms with van der Waals surface area (Å²) in [7, 11) is -10.8. The second-order valence-corrected chi connectivity index (χ2v) is 3.21. The van der Waals surface area contributed by atoms with Crippen LogP contribution in [-0.2, 0) is 0 Å². The summed E-state index contributed by atoms with van der Waals surface area (Å²) in [5.74, 6) is 0. The zero-order valence-electron chi connectivity index (χ0n) is 4.77. The van der Waals surface area contributed by atoms with Gasteiger partial charge in [0.05, 0.1) is 0 Å². The van der Waals surface area contributed by atoms with Crippen LogP contribution >= 0.6 is 0 Å². The molecule has 0 unspecified atom stereocenters. The van der Waals surface area contributed by atoms with E-state index in [2.05, 4.69) is 0 Å². The van der Waals surface area contributed by atoms with Gasteiger partial charge in [0.2, 0.25) is 0 Å². The van der Waals surface area contributed by atoms with Gasteiger partial charge in [0.1, 0.15) is 0 Å². The molecule has 0 aromatic carbocycles. The summed E-state index contributed by atoms with van der Waals surface area (Å²) in [6.07, 6.45) is 0. The first kappa shape index (κ1) is 6.80. The van der Waals surface area contributed by atoms with Gasteiger partial charge in [-0.05, 0) is 0 Å². The molecule has 0 nitrogen and oxygen atoms in total. The van der Waals surface area contributed by atoms with E-state index in [1.807, 2.05) is 0 Å². The standard InChI is InChI=1S/F6Si/c1-7(2,3,4,5)6/q-2/p+2. The van der Waals surface area contributed by atoms with Crippen LogP contribution in [0.1, 0.15) is 2.85 Å². The molecule has 0 amide bonds. The smallest absolute Gasteiger partial charge is 1.00 e. The molecule has 0 aliphatic rings. The predicted molar refractivity (Wildman–Crippen MR) is 14.6 cm³/mol. The van der Waals surface area contributed by atoms with Gasteiger partial charge in [0.25, 0.3) is 0 Å². The molecule has 0 heterocycles. The maximum atomic E-state index is 9.88. The molecule has 0 saturated carbocycles. The van der Waals surface area contributed by atoms with Gasteiger partial charge in [-0.1, -0.05) is 0 Å². The van der Waals surface area contributed by atoms with Gasteiger partial charge in [-0.15, -0.1) is 0 Å². The van der Waals surface area contributed by atoms with Crippen molar-refractivity contribution in [2.75, 3.05) is 0 Å². The van der Waals surface area contributed by atoms with Gasteiger partial charge >= 0.3 is 36.1 Å². The van der Waals surface area contributed by atoms with E-state index in [0.717, 1.165) is 0 Å². The SMILES string of the molecule is F[Si-2](F)(F)(F)(F)F.[H+].[H+]. The first-order valence-corrected chi connectivity index (χ1v) is 3.40. The Bertz CT molecular complexity index is 69.6. The molecule has 0 fully saturated rings. The van der Waals surface area contributed by atoms with Gasteiger partial charge in [-0.2, -0.15) is 0 Å². The van der Waals surface area contributed by atoms with Crippen molar-refractivity contribution < 1.29 is 27.5 Å². The Morgan fingerprint density at radius 1 is 0.714 bits per heavy atom. The third kappa shape index (κ3) is 2030. The van der Waals surface area contributed by atoms with Crippen molar-refractivity contribution in [1.82, 2.24) is 0 Å². The van der Waals surface area contributed by atoms with Crippen molar-refractivity contribution >= 4 is 8.63 Å². The molecule has 0 radical (unpaired) electrons. The van der Waals surface area contributed by atoms with Crippen LogP contribution in [0.5, 0.6) is 0 Å². The average molecular weight is 144 g/mol. The fourth-order valence-corrected chi connectivity index (χ4v) is 0. The van der Waals surface area contributed by atoms with Gasteiger partial charge in [0.15, 0.2) is 0 Å². The Morgan fingerprint density at radius 3 is 0.714 bits per heavy atom. The fraction of sp³-hybridized carbons (Fsp3) is 0. The molecular formula is H2F6Si. The number of hydrogen-bond donors (Lipinski definition) is 0. The molecule has 0 saturated heterocycles. The van der Waals surface area contributed by atoms with Crippen LogP contribution in [-0.4, -0.2) is 8.63 Å². The van der Waals surface area contributed by atoms with Crippen LogP contribution < -0.4 is 0 Å². The minimum Gasteiger partial charge on any atom is 1.00 e. The van der Waals surface area contributed by atoms with Crippen molar-refractivity contribution in [2.24, 2.45) is 0 Å². The molecule has 0 bridgehead atoms. The summed E-state index contributed by atoms with van der Waals surface area (Å²) in [6.45, 7) is 0. The van der Waals surface area contributed by atoms with Gasteiger partial charge in [0, 0.05) is 0 Å². The Kier molecular flexibility index (Phi) is 0.592. The van der Waals surface area contributed by atoms with E-state index in [1.54, 1.807) is 0 Å². The second kappa shape index (κ2) is 0.609. The quantitative estimate of drug-likeness (QED) is 0.278. The van der Waals surface area contributed by atoms with Crippen LogP contribution in [0.25, 0.3) is 0 Å². The molecule has 0 aromatic heterocycles. The molecule has 7 heteroatoms. The first-order valence-electron chi connectivity index (χ1n) is 1.13. The average Bonchev–Trinajstić information content (AvgIpc) is 0.592. The topological polar surface area (TPSA) is 0 Å². The molecular weight excluding hydrogens is 142 g/mol. The van der Waals surface area contributed by atoms with E-state index in [0.29, 0.717) is 0 Å². The summed E-state index contributed by atoms with van der Waals surface area (Å²) in [6, 6.07) is 0. The monoisotopic (exact) mass is 144 g/mol. The van der Waals surface area contributed by atoms with Crippen molar-refractivity contribution in [1.29, 1.82) is 0 Å². The minimum atomic E-state index is -10.8. The Labute approximate surface area is 37.6 Å². The van der Waals surface area contributed by atoms with E-state index in [-0.39, 0.29) is 2.85 Å². The number of halogens is 6. The molecule has 0 atom stereocenters. The molecule has 0 aliphatic heterocycles. The number of hydrogen-bond acceptors (Lipinski definition) is 0. The third-order valence-electron chi connectivity index (χ3n) is 0. The summed E-state index contributed by atoms with van der Waals surface area (Å²) in [4.78, 5) is 0. The summed E-state index contributed by atoms with van der Waals surface area (Å²) < 4.78 is 59.3. The van der Waals surface area contributed by atoms with E-state index >= 15 is 0 Å². The molecule has 0 aliphatic carbocycles. The van der Waals surface area contributed by atoms with Gasteiger partial charge in [-0.25, -0.2) is 0 Å². The van der Waals surface area contributed by atoms with Gasteiger partial charge < -0.3 is 0 Å². The van der Waals surface area contributed by atoms with Crippen molar-refractivity contribution in [2.45, 2.75) is 0 Å². The second-order valence-electron chi connectivity index (χ2n) is 1.07. The Balaban J connectivity index is -0.000000180. The minimum absolute atomic E-state index is 0. The van der Waals surface area contributed by atoms with Crippen LogP contribution in [0, 0.1) is 0 Å². The molecule has 0 spiro atoms. The summed E-state index contributed by atoms with van der Waals surface area (Å²) in [5.41, 5.74) is 0. The largest absolute Gasteiger partial charge is 1.00 e. The van der Waals surface area contributed by atoms with E-state index in [9.17, 15) is 24.6 Å². The summed E-state index contributed by atoms with van der Waals surface area (Å²) >= 11 is 0. The van der Waals surface area contributed by atoms with Gasteiger partial charge in [-0.3, -0.25) is 0 Å². The van der Waals surface area contributed by atoms with Crippen LogP contribution in [0.2, 0.25) is 0 Å². The fourth-order valence-electron chi connectivity index (χ4n) is 0. The normalized spacial score (nSPS) is 23.1. The van der Waals surface area contributed by atoms with Crippen LogP contribution in [0.4, 0.5) is 24.6 Å². The van der Waals surface area contributed by atoms with E-state index in [1.165, 1.54) is 0 Å². The first-order chi connectivity index (χ1) is 2.45. The zero-order valence-corrected chi connectivity index (χ0v) is 3.77. The zero-order chi connectivity index (χ0) is 6.41. The molecule has 0 N–H and O–H groups in total. The summed E-state index contributed by atoms with van der Waals surface area (Å²) in [5, 5.41) is 0. The Morgan fingerprint density at radius 2 is 0.714 bits per heavy atom. The predicted octanol–water partition coefficient (Wildman–Crippen LogP) is 2.37. The van der Waals surface area contributed by atoms with Crippen molar-refractivity contribution in [3.63, 3.8) is 0 Å². The third-order valence-corrected chi connectivity index (χ3v) is 0. The molecule has 0 aromatic rings. The van der Waals surface area contributed by atoms with Crippen molar-refractivity contribution in [3.05, 3.63) is 0 Å². The van der Waals surface area contributed by atoms with Crippen LogP contribution in [0.3, 0.4) is 0 Å². The van der Waals surface area contributed by atoms with E-state index in [4.69, 9.17) is 0 Å². The Hall–Kier alpha value is -0.203. The molecule has 7 heavy (non-hydrogen) atoms. The maximum absolute atomic E-state index is 10.8. The molecule has 0 rings (SSSR count). The van der Waals surface area contributed by atoms with Crippen LogP contribution in [0.15, 0.2) is 0 Å². The van der Waals surface area contributed by atoms with E-state index < -0.39 is 8.63 Å². The molecule has 48 valence electrons.